The summed E-state index contributed by atoms with van der Waals surface area (Å²) >= 11 is 1.99. The number of fused-ring (bicyclic) bond motifs is 1. The summed E-state index contributed by atoms with van der Waals surface area (Å²) in [7, 11) is 0. The van der Waals surface area contributed by atoms with Crippen molar-refractivity contribution in [1.82, 2.24) is 0 Å². The van der Waals surface area contributed by atoms with E-state index in [4.69, 9.17) is 0 Å². The minimum absolute atomic E-state index is 0.629. The first-order valence-electron chi connectivity index (χ1n) is 7.76. The smallest absolute Gasteiger partial charge is 0.0104 e. The number of hydrogen-bond acceptors (Lipinski definition) is 1. The standard InChI is InChI=1S/C21H18S/c1-2-6-16(7-3-1)17-10-12-18(13-11-17)20-14-19-8-4-5-9-21(19)22-15-20/h1-13,20H,14-15H2/t20-/m1/s1. The van der Waals surface area contributed by atoms with E-state index < -0.39 is 0 Å². The predicted octanol–water partition coefficient (Wildman–Crippen LogP) is 5.79. The lowest BCUT2D eigenvalue weighted by Crippen LogP contribution is -2.11. The van der Waals surface area contributed by atoms with Crippen LogP contribution in [0.2, 0.25) is 0 Å². The van der Waals surface area contributed by atoms with Gasteiger partial charge in [-0.05, 0) is 40.7 Å². The van der Waals surface area contributed by atoms with Crippen LogP contribution in [0.15, 0.2) is 83.8 Å². The predicted molar refractivity (Wildman–Crippen MR) is 95.5 cm³/mol. The zero-order valence-corrected chi connectivity index (χ0v) is 13.2. The Morgan fingerprint density at radius 2 is 1.36 bits per heavy atom. The van der Waals surface area contributed by atoms with Crippen LogP contribution in [0.3, 0.4) is 0 Å². The van der Waals surface area contributed by atoms with E-state index in [-0.39, 0.29) is 0 Å². The van der Waals surface area contributed by atoms with Crippen molar-refractivity contribution in [2.75, 3.05) is 5.75 Å². The first-order valence-corrected chi connectivity index (χ1v) is 8.75. The number of rotatable bonds is 2. The molecule has 108 valence electrons. The molecule has 0 nitrogen and oxygen atoms in total. The summed E-state index contributed by atoms with van der Waals surface area (Å²) in [6.45, 7) is 0. The maximum atomic E-state index is 2.31. The minimum atomic E-state index is 0.629. The molecule has 1 heterocycles. The first-order chi connectivity index (χ1) is 10.9. The third kappa shape index (κ3) is 2.69. The van der Waals surface area contributed by atoms with Gasteiger partial charge in [-0.3, -0.25) is 0 Å². The Balaban J connectivity index is 1.57. The molecule has 0 fully saturated rings. The van der Waals surface area contributed by atoms with E-state index >= 15 is 0 Å². The Morgan fingerprint density at radius 3 is 2.18 bits per heavy atom. The molecule has 0 saturated carbocycles. The summed E-state index contributed by atoms with van der Waals surface area (Å²) in [5.41, 5.74) is 5.54. The normalized spacial score (nSPS) is 17.0. The second kappa shape index (κ2) is 6.02. The molecule has 0 bridgehead atoms. The van der Waals surface area contributed by atoms with Crippen molar-refractivity contribution in [3.8, 4) is 11.1 Å². The van der Waals surface area contributed by atoms with E-state index in [2.05, 4.69) is 78.9 Å². The summed E-state index contributed by atoms with van der Waals surface area (Å²) in [6, 6.07) is 28.5. The molecule has 0 amide bonds. The van der Waals surface area contributed by atoms with Crippen LogP contribution < -0.4 is 0 Å². The molecule has 3 aromatic carbocycles. The van der Waals surface area contributed by atoms with Gasteiger partial charge in [0.2, 0.25) is 0 Å². The van der Waals surface area contributed by atoms with Crippen molar-refractivity contribution in [1.29, 1.82) is 0 Å². The summed E-state index contributed by atoms with van der Waals surface area (Å²) in [4.78, 5) is 1.46. The first kappa shape index (κ1) is 13.7. The van der Waals surface area contributed by atoms with E-state index in [0.29, 0.717) is 5.92 Å². The number of thioether (sulfide) groups is 1. The lowest BCUT2D eigenvalue weighted by atomic mass is 9.91. The second-order valence-electron chi connectivity index (χ2n) is 5.81. The molecule has 0 spiro atoms. The maximum absolute atomic E-state index is 2.31. The fourth-order valence-electron chi connectivity index (χ4n) is 3.12. The van der Waals surface area contributed by atoms with Gasteiger partial charge in [0.25, 0.3) is 0 Å². The summed E-state index contributed by atoms with van der Waals surface area (Å²) in [6.07, 6.45) is 1.16. The number of hydrogen-bond donors (Lipinski definition) is 0. The van der Waals surface area contributed by atoms with Crippen LogP contribution >= 0.6 is 11.8 Å². The van der Waals surface area contributed by atoms with Crippen molar-refractivity contribution < 1.29 is 0 Å². The van der Waals surface area contributed by atoms with Gasteiger partial charge in [-0.25, -0.2) is 0 Å². The van der Waals surface area contributed by atoms with Gasteiger partial charge in [-0.1, -0.05) is 72.8 Å². The van der Waals surface area contributed by atoms with Gasteiger partial charge in [0, 0.05) is 10.6 Å². The molecule has 0 aliphatic carbocycles. The zero-order valence-electron chi connectivity index (χ0n) is 12.4. The van der Waals surface area contributed by atoms with Gasteiger partial charge in [-0.15, -0.1) is 11.8 Å². The van der Waals surface area contributed by atoms with Crippen LogP contribution in [0.4, 0.5) is 0 Å². The van der Waals surface area contributed by atoms with Gasteiger partial charge in [-0.2, -0.15) is 0 Å². The molecule has 0 aromatic heterocycles. The number of benzene rings is 3. The van der Waals surface area contributed by atoms with Gasteiger partial charge in [0.15, 0.2) is 0 Å². The van der Waals surface area contributed by atoms with E-state index in [1.807, 2.05) is 11.8 Å². The third-order valence-electron chi connectivity index (χ3n) is 4.37. The lowest BCUT2D eigenvalue weighted by Gasteiger charge is -2.24. The average molecular weight is 302 g/mol. The molecule has 1 heteroatoms. The molecule has 0 radical (unpaired) electrons. The highest BCUT2D eigenvalue weighted by molar-refractivity contribution is 7.99. The van der Waals surface area contributed by atoms with E-state index in [1.165, 1.54) is 32.9 Å². The highest BCUT2D eigenvalue weighted by Gasteiger charge is 2.20. The van der Waals surface area contributed by atoms with E-state index in [9.17, 15) is 0 Å². The molecule has 22 heavy (non-hydrogen) atoms. The van der Waals surface area contributed by atoms with E-state index in [1.54, 1.807) is 0 Å². The van der Waals surface area contributed by atoms with Crippen molar-refractivity contribution in [3.63, 3.8) is 0 Å². The Morgan fingerprint density at radius 1 is 0.682 bits per heavy atom. The fraction of sp³-hybridized carbons (Fsp3) is 0.143. The summed E-state index contributed by atoms with van der Waals surface area (Å²) in [5, 5.41) is 0. The fourth-order valence-corrected chi connectivity index (χ4v) is 4.32. The van der Waals surface area contributed by atoms with Crippen LogP contribution in [0.5, 0.6) is 0 Å². The van der Waals surface area contributed by atoms with Crippen LogP contribution in [0, 0.1) is 0 Å². The monoisotopic (exact) mass is 302 g/mol. The summed E-state index contributed by atoms with van der Waals surface area (Å²) in [5.74, 6) is 1.81. The zero-order chi connectivity index (χ0) is 14.8. The van der Waals surface area contributed by atoms with Gasteiger partial charge in [0.05, 0.1) is 0 Å². The molecular formula is C21H18S. The SMILES string of the molecule is c1ccc(-c2ccc([C@H]3CSc4ccccc4C3)cc2)cc1. The highest BCUT2D eigenvalue weighted by Crippen LogP contribution is 2.37. The average Bonchev–Trinajstić information content (AvgIpc) is 2.62. The molecule has 4 rings (SSSR count). The van der Waals surface area contributed by atoms with Gasteiger partial charge < -0.3 is 0 Å². The Kier molecular flexibility index (Phi) is 3.74. The van der Waals surface area contributed by atoms with Crippen LogP contribution in [-0.2, 0) is 6.42 Å². The second-order valence-corrected chi connectivity index (χ2v) is 6.87. The van der Waals surface area contributed by atoms with Crippen molar-refractivity contribution >= 4 is 11.8 Å². The van der Waals surface area contributed by atoms with Crippen molar-refractivity contribution in [3.05, 3.63) is 90.0 Å². The van der Waals surface area contributed by atoms with Crippen LogP contribution in [-0.4, -0.2) is 5.75 Å². The Labute approximate surface area is 136 Å². The third-order valence-corrected chi connectivity index (χ3v) is 5.65. The molecule has 1 atom stereocenters. The van der Waals surface area contributed by atoms with Gasteiger partial charge in [0.1, 0.15) is 0 Å². The molecule has 3 aromatic rings. The topological polar surface area (TPSA) is 0 Å². The lowest BCUT2D eigenvalue weighted by molar-refractivity contribution is 0.746. The molecule has 0 unspecified atom stereocenters. The minimum Gasteiger partial charge on any atom is -0.125 e. The molecule has 1 aliphatic heterocycles. The molecule has 0 N–H and O–H groups in total. The van der Waals surface area contributed by atoms with E-state index in [0.717, 1.165) is 6.42 Å². The Bertz CT molecular complexity index is 759. The molecular weight excluding hydrogens is 284 g/mol. The molecule has 0 saturated heterocycles. The van der Waals surface area contributed by atoms with Gasteiger partial charge >= 0.3 is 0 Å². The Hall–Kier alpha value is -1.99. The van der Waals surface area contributed by atoms with Crippen molar-refractivity contribution in [2.24, 2.45) is 0 Å². The van der Waals surface area contributed by atoms with Crippen molar-refractivity contribution in [2.45, 2.75) is 17.2 Å². The van der Waals surface area contributed by atoms with Crippen LogP contribution in [0.25, 0.3) is 11.1 Å². The molecule has 1 aliphatic rings. The highest BCUT2D eigenvalue weighted by atomic mass is 32.2. The maximum Gasteiger partial charge on any atom is 0.0104 e. The largest absolute Gasteiger partial charge is 0.125 e. The van der Waals surface area contributed by atoms with Crippen LogP contribution in [0.1, 0.15) is 17.0 Å². The quantitative estimate of drug-likeness (QED) is 0.577. The summed E-state index contributed by atoms with van der Waals surface area (Å²) < 4.78 is 0.